The summed E-state index contributed by atoms with van der Waals surface area (Å²) in [5.74, 6) is 6.94. The summed E-state index contributed by atoms with van der Waals surface area (Å²) in [4.78, 5) is 46.5. The van der Waals surface area contributed by atoms with E-state index in [1.54, 1.807) is 51.4 Å². The molecule has 1 aliphatic rings. The van der Waals surface area contributed by atoms with Gasteiger partial charge in [-0.15, -0.1) is 45.3 Å². The molecule has 0 aliphatic heterocycles. The van der Waals surface area contributed by atoms with Crippen LogP contribution >= 0.6 is 76.9 Å². The second-order valence-corrected chi connectivity index (χ2v) is 82.8. The fourth-order valence-corrected chi connectivity index (χ4v) is 26.8. The summed E-state index contributed by atoms with van der Waals surface area (Å²) in [7, 11) is 5.74. The van der Waals surface area contributed by atoms with Gasteiger partial charge in [0, 0.05) is 21.9 Å². The van der Waals surface area contributed by atoms with Crippen LogP contribution in [0.1, 0.15) is 189 Å². The first-order valence-electron chi connectivity index (χ1n) is 32.8. The first-order chi connectivity index (χ1) is 41.5. The summed E-state index contributed by atoms with van der Waals surface area (Å²) in [6.45, 7) is 21.6. The zero-order valence-electron chi connectivity index (χ0n) is 56.0. The second-order valence-electron chi connectivity index (χ2n) is 26.8. The molecule has 1 aliphatic carbocycles. The molecule has 0 saturated carbocycles. The molecule has 6 aromatic heterocycles. The van der Waals surface area contributed by atoms with Gasteiger partial charge in [0.2, 0.25) is 11.6 Å². The van der Waals surface area contributed by atoms with Crippen LogP contribution in [0.25, 0.3) is 40.3 Å². The van der Waals surface area contributed by atoms with Crippen molar-refractivity contribution in [1.29, 1.82) is 0 Å². The van der Waals surface area contributed by atoms with Crippen LogP contribution in [0.5, 0.6) is 23.0 Å². The molecule has 480 valence electrons. The van der Waals surface area contributed by atoms with Crippen molar-refractivity contribution in [3.05, 3.63) is 78.8 Å². The van der Waals surface area contributed by atoms with E-state index in [9.17, 15) is 9.59 Å². The third-order valence-corrected chi connectivity index (χ3v) is 41.1. The van der Waals surface area contributed by atoms with Gasteiger partial charge in [-0.2, -0.15) is 0 Å². The van der Waals surface area contributed by atoms with Crippen LogP contribution in [0.3, 0.4) is 0 Å². The van der Waals surface area contributed by atoms with Gasteiger partial charge in [-0.05, 0) is 70.5 Å². The van der Waals surface area contributed by atoms with Crippen molar-refractivity contribution in [2.24, 2.45) is 23.7 Å². The first-order valence-corrected chi connectivity index (χ1v) is 70.1. The van der Waals surface area contributed by atoms with Crippen LogP contribution in [0.4, 0.5) is 0 Å². The Morgan fingerprint density at radius 2 is 0.678 bits per heavy atom. The Hall–Kier alpha value is -1.09. The number of unbranched alkanes of at least 4 members (excludes halogenated alkanes) is 4. The molecule has 6 heterocycles. The Labute approximate surface area is 565 Å². The van der Waals surface area contributed by atoms with Gasteiger partial charge in [0.1, 0.15) is 11.5 Å². The van der Waals surface area contributed by atoms with E-state index in [1.807, 2.05) is 22.7 Å². The van der Waals surface area contributed by atoms with Gasteiger partial charge in [0.15, 0.2) is 0 Å². The van der Waals surface area contributed by atoms with E-state index in [4.69, 9.17) is 27.9 Å². The maximum atomic E-state index is 11.8. The molecule has 8 aromatic rings. The first kappa shape index (κ1) is 74.9. The van der Waals surface area contributed by atoms with Crippen LogP contribution in [0, 0.1) is 23.7 Å². The van der Waals surface area contributed by atoms with Gasteiger partial charge in [0.25, 0.3) is 0 Å². The molecule has 0 N–H and O–H groups in total. The minimum atomic E-state index is -2.28. The Morgan fingerprint density at radius 1 is 0.402 bits per heavy atom. The molecule has 0 amide bonds. The van der Waals surface area contributed by atoms with E-state index in [0.29, 0.717) is 44.6 Å². The number of carbonyl (C=O) groups is 2. The zero-order valence-corrected chi connectivity index (χ0v) is 70.2. The van der Waals surface area contributed by atoms with Gasteiger partial charge in [-0.1, -0.05) is 66.2 Å². The van der Waals surface area contributed by atoms with Crippen molar-refractivity contribution < 1.29 is 28.5 Å². The monoisotopic (exact) mass is 1640 g/mol. The van der Waals surface area contributed by atoms with Crippen LogP contribution in [0.15, 0.2) is 57.9 Å². The van der Waals surface area contributed by atoms with Gasteiger partial charge in [0.05, 0.1) is 32.4 Å². The van der Waals surface area contributed by atoms with Crippen molar-refractivity contribution in [1.82, 2.24) is 0 Å². The Bertz CT molecular complexity index is 3030. The quantitative estimate of drug-likeness (QED) is 0.0418. The molecular formula is C71H105ClO6S6Sn3. The van der Waals surface area contributed by atoms with Crippen molar-refractivity contribution in [2.45, 2.75) is 203 Å². The summed E-state index contributed by atoms with van der Waals surface area (Å²) in [6, 6.07) is 12.9. The number of rotatable bonds is 30. The van der Waals surface area contributed by atoms with Crippen molar-refractivity contribution in [3.63, 3.8) is 0 Å². The number of carbonyl (C=O) groups excluding carboxylic acids is 2. The molecule has 0 fully saturated rings. The molecular weight excluding hydrogens is 1530 g/mol. The van der Waals surface area contributed by atoms with Gasteiger partial charge >= 0.3 is 293 Å². The summed E-state index contributed by atoms with van der Waals surface area (Å²) >= 11 is 4.00. The fourth-order valence-electron chi connectivity index (χ4n) is 10.6. The van der Waals surface area contributed by atoms with Crippen molar-refractivity contribution in [3.8, 4) is 23.0 Å². The Balaban J connectivity index is 0.000000216. The van der Waals surface area contributed by atoms with E-state index in [-0.39, 0.29) is 11.6 Å². The molecule has 87 heavy (non-hydrogen) atoms. The molecule has 0 saturated heterocycles. The van der Waals surface area contributed by atoms with E-state index in [2.05, 4.69) is 135 Å². The summed E-state index contributed by atoms with van der Waals surface area (Å²) in [6.07, 6.45) is 19.9. The van der Waals surface area contributed by atoms with E-state index in [1.165, 1.54) is 166 Å². The third kappa shape index (κ3) is 20.9. The molecule has 9 rings (SSSR count). The van der Waals surface area contributed by atoms with Crippen LogP contribution in [0.2, 0.25) is 44.5 Å². The maximum absolute atomic E-state index is 11.8. The molecule has 0 bridgehead atoms. The summed E-state index contributed by atoms with van der Waals surface area (Å²) in [5, 5.41) is 13.0. The molecule has 4 atom stereocenters. The number of hydrogen-bond acceptors (Lipinski definition) is 12. The van der Waals surface area contributed by atoms with Crippen LogP contribution < -0.4 is 24.7 Å². The Morgan fingerprint density at radius 3 is 0.943 bits per heavy atom. The normalized spacial score (nSPS) is 14.0. The number of thiophene rings is 6. The van der Waals surface area contributed by atoms with Crippen molar-refractivity contribution >= 4 is 189 Å². The standard InChI is InChI=1S/C26H38O2S2.C26H36O2S2.C10H4O2S2.9CH3.ClH.3Sn/c2*1-5-9-11-19(7-3)17-27-23-21-13-15-30-26(21)24(22-14-16-29-25(22)23)28-18-20(8-4)12-10-6-2;11-7-5-1-3-13-9(5)8(12)6-2-4-14-10(6)7;;;;;;;;;;;;;/h13-16,19-20H,5-12,17-18H2,1-4H3;13-14,19-20H,5-12,17-18H2,1-4H3;1-4H;9*1H3;1H;;;/q;;;;;;;;;;;;;;;+1/p-1. The fraction of sp³-hybridized carbons (Fsp3) is 0.577. The van der Waals surface area contributed by atoms with Crippen LogP contribution in [-0.2, 0) is 0 Å². The number of benzene rings is 2. The third-order valence-electron chi connectivity index (χ3n) is 16.3. The predicted molar refractivity (Wildman–Crippen MR) is 400 cm³/mol. The summed E-state index contributed by atoms with van der Waals surface area (Å²) < 4.78 is 35.2. The van der Waals surface area contributed by atoms with Gasteiger partial charge < -0.3 is 9.47 Å². The van der Waals surface area contributed by atoms with E-state index < -0.39 is 54.0 Å². The minimum absolute atomic E-state index is 0.00847. The van der Waals surface area contributed by atoms with E-state index >= 15 is 0 Å². The average molecular weight is 1640 g/mol. The number of fused-ring (bicyclic) bond motifs is 6. The van der Waals surface area contributed by atoms with Gasteiger partial charge in [-0.25, -0.2) is 0 Å². The molecule has 0 radical (unpaired) electrons. The molecule has 2 aromatic carbocycles. The van der Waals surface area contributed by atoms with E-state index in [0.717, 1.165) is 49.4 Å². The number of hydrogen-bond donors (Lipinski definition) is 0. The molecule has 0 spiro atoms. The average Bonchev–Trinajstić information content (AvgIpc) is 1.73. The SMILES string of the molecule is CCCCC(CC)COc1c2c[c]([Sn]([CH3])([CH3])[CH3])sc2c(OCC(CC)CCCC)c2c[c]([Sn]([CH3])([CH3])[CH3])sc12.CCCCC(CC)COc1c2ccsc2c(OCC(CC)CCCC)c2ccsc12.O=C1c2ccsc2C(=O)c2ccsc21.[CH3][Sn]([CH3])([CH3])[Cl]. The molecule has 16 heteroatoms. The predicted octanol–water partition coefficient (Wildman–Crippen LogP) is 24.3. The topological polar surface area (TPSA) is 71.1 Å². The second kappa shape index (κ2) is 36.0. The summed E-state index contributed by atoms with van der Waals surface area (Å²) in [5.41, 5.74) is 1.13. The number of ketones is 2. The molecule has 4 unspecified atom stereocenters. The van der Waals surface area contributed by atoms with Gasteiger partial charge in [-0.3, -0.25) is 9.59 Å². The molecule has 6 nitrogen and oxygen atoms in total. The Kier molecular flexibility index (Phi) is 31.0. The van der Waals surface area contributed by atoms with Crippen molar-refractivity contribution in [2.75, 3.05) is 26.4 Å². The number of halogens is 1. The number of ether oxygens (including phenoxy) is 4. The zero-order chi connectivity index (χ0) is 63.6. The van der Waals surface area contributed by atoms with Crippen LogP contribution in [-0.4, -0.2) is 92.0 Å².